The molecule has 0 atom stereocenters. The molecular weight excluding hydrogens is 366 g/mol. The summed E-state index contributed by atoms with van der Waals surface area (Å²) in [6.45, 7) is 11.7. The first kappa shape index (κ1) is 18.9. The molecule has 5 heteroatoms. The molecule has 0 unspecified atom stereocenters. The number of fused-ring (bicyclic) bond motifs is 1. The number of hydrogen-bond donors (Lipinski definition) is 0. The second-order valence-electron chi connectivity index (χ2n) is 7.89. The molecule has 0 N–H and O–H groups in total. The van der Waals surface area contributed by atoms with Crippen molar-refractivity contribution in [3.05, 3.63) is 58.1 Å². The summed E-state index contributed by atoms with van der Waals surface area (Å²) in [6.07, 6.45) is 0.487. The van der Waals surface area contributed by atoms with Gasteiger partial charge in [0.2, 0.25) is 5.91 Å². The highest BCUT2D eigenvalue weighted by Crippen LogP contribution is 2.32. The van der Waals surface area contributed by atoms with Crippen LogP contribution < -0.4 is 4.90 Å². The molecule has 2 aromatic carbocycles. The molecule has 4 rings (SSSR count). The summed E-state index contributed by atoms with van der Waals surface area (Å²) in [5.74, 6) is 0.221. The maximum absolute atomic E-state index is 12.7. The van der Waals surface area contributed by atoms with Gasteiger partial charge in [-0.1, -0.05) is 35.6 Å². The number of rotatable bonds is 3. The summed E-state index contributed by atoms with van der Waals surface area (Å²) in [4.78, 5) is 21.9. The molecule has 0 radical (unpaired) electrons. The normalized spacial score (nSPS) is 14.7. The van der Waals surface area contributed by atoms with Gasteiger partial charge in [0.15, 0.2) is 5.13 Å². The second kappa shape index (κ2) is 7.55. The topological polar surface area (TPSA) is 36.4 Å². The quantitative estimate of drug-likeness (QED) is 0.661. The lowest BCUT2D eigenvalue weighted by molar-refractivity contribution is -0.130. The van der Waals surface area contributed by atoms with E-state index in [1.165, 1.54) is 27.0 Å². The lowest BCUT2D eigenvalue weighted by Gasteiger charge is -2.34. The van der Waals surface area contributed by atoms with E-state index >= 15 is 0 Å². The van der Waals surface area contributed by atoms with Crippen molar-refractivity contribution in [3.63, 3.8) is 0 Å². The Morgan fingerprint density at radius 3 is 2.43 bits per heavy atom. The van der Waals surface area contributed by atoms with E-state index in [1.54, 1.807) is 11.3 Å². The number of aromatic nitrogens is 1. The maximum Gasteiger partial charge on any atom is 0.227 e. The second-order valence-corrected chi connectivity index (χ2v) is 8.90. The zero-order valence-electron chi connectivity index (χ0n) is 17.1. The fourth-order valence-corrected chi connectivity index (χ4v) is 5.03. The van der Waals surface area contributed by atoms with Gasteiger partial charge >= 0.3 is 0 Å². The first-order chi connectivity index (χ1) is 13.4. The van der Waals surface area contributed by atoms with Crippen LogP contribution in [0.1, 0.15) is 27.8 Å². The lowest BCUT2D eigenvalue weighted by Crippen LogP contribution is -2.49. The van der Waals surface area contributed by atoms with E-state index in [1.807, 2.05) is 4.90 Å². The summed E-state index contributed by atoms with van der Waals surface area (Å²) >= 11 is 1.76. The van der Waals surface area contributed by atoms with Gasteiger partial charge in [0, 0.05) is 26.2 Å². The number of carbonyl (C=O) groups excluding carboxylic acids is 1. The number of aryl methyl sites for hydroxylation is 4. The standard InChI is InChI=1S/C23H27N3OS/c1-15-11-18(4)22-20(12-15)28-23(24-22)26-9-7-25(8-10-26)21(27)14-19-6-5-16(2)17(3)13-19/h5-6,11-13H,7-10,14H2,1-4H3. The molecule has 1 aromatic heterocycles. The molecule has 1 aliphatic rings. The van der Waals surface area contributed by atoms with Crippen molar-refractivity contribution in [3.8, 4) is 0 Å². The number of anilines is 1. The molecule has 1 saturated heterocycles. The largest absolute Gasteiger partial charge is 0.345 e. The monoisotopic (exact) mass is 393 g/mol. The molecule has 4 nitrogen and oxygen atoms in total. The van der Waals surface area contributed by atoms with Gasteiger partial charge in [-0.15, -0.1) is 0 Å². The third kappa shape index (κ3) is 3.76. The van der Waals surface area contributed by atoms with Crippen molar-refractivity contribution in [2.24, 2.45) is 0 Å². The van der Waals surface area contributed by atoms with E-state index < -0.39 is 0 Å². The summed E-state index contributed by atoms with van der Waals surface area (Å²) in [5.41, 5.74) is 7.25. The van der Waals surface area contributed by atoms with Crippen LogP contribution in [-0.4, -0.2) is 42.0 Å². The molecule has 2 heterocycles. The summed E-state index contributed by atoms with van der Waals surface area (Å²) < 4.78 is 1.25. The van der Waals surface area contributed by atoms with Crippen molar-refractivity contribution in [1.29, 1.82) is 0 Å². The van der Waals surface area contributed by atoms with Gasteiger partial charge in [-0.3, -0.25) is 4.79 Å². The molecule has 0 saturated carbocycles. The molecule has 1 amide bonds. The Hall–Kier alpha value is -2.40. The van der Waals surface area contributed by atoms with Gasteiger partial charge in [-0.05, 0) is 61.6 Å². The molecule has 1 fully saturated rings. The Morgan fingerprint density at radius 2 is 1.71 bits per heavy atom. The highest BCUT2D eigenvalue weighted by Gasteiger charge is 2.23. The summed E-state index contributed by atoms with van der Waals surface area (Å²) in [5, 5.41) is 1.07. The Morgan fingerprint density at radius 1 is 0.964 bits per heavy atom. The van der Waals surface area contributed by atoms with E-state index in [0.29, 0.717) is 6.42 Å². The van der Waals surface area contributed by atoms with Gasteiger partial charge < -0.3 is 9.80 Å². The van der Waals surface area contributed by atoms with E-state index in [4.69, 9.17) is 4.98 Å². The average Bonchev–Trinajstić information content (AvgIpc) is 3.09. The van der Waals surface area contributed by atoms with Crippen LogP contribution in [-0.2, 0) is 11.2 Å². The highest BCUT2D eigenvalue weighted by molar-refractivity contribution is 7.22. The van der Waals surface area contributed by atoms with E-state index in [-0.39, 0.29) is 5.91 Å². The first-order valence-corrected chi connectivity index (χ1v) is 10.7. The molecule has 0 bridgehead atoms. The van der Waals surface area contributed by atoms with Gasteiger partial charge in [0.1, 0.15) is 0 Å². The van der Waals surface area contributed by atoms with E-state index in [0.717, 1.165) is 42.4 Å². The molecule has 0 spiro atoms. The Kier molecular flexibility index (Phi) is 5.11. The highest BCUT2D eigenvalue weighted by atomic mass is 32.1. The van der Waals surface area contributed by atoms with E-state index in [2.05, 4.69) is 62.9 Å². The zero-order chi connectivity index (χ0) is 19.8. The van der Waals surface area contributed by atoms with Crippen LogP contribution in [0.5, 0.6) is 0 Å². The van der Waals surface area contributed by atoms with Crippen molar-refractivity contribution >= 4 is 32.6 Å². The SMILES string of the molecule is Cc1cc(C)c2nc(N3CCN(C(=O)Cc4ccc(C)c(C)c4)CC3)sc2c1. The van der Waals surface area contributed by atoms with Gasteiger partial charge in [0.05, 0.1) is 16.6 Å². The van der Waals surface area contributed by atoms with Crippen LogP contribution >= 0.6 is 11.3 Å². The third-order valence-electron chi connectivity index (χ3n) is 5.65. The first-order valence-electron chi connectivity index (χ1n) is 9.87. The van der Waals surface area contributed by atoms with Crippen LogP contribution in [0.25, 0.3) is 10.2 Å². The summed E-state index contributed by atoms with van der Waals surface area (Å²) in [6, 6.07) is 10.7. The number of hydrogen-bond acceptors (Lipinski definition) is 4. The Bertz CT molecular complexity index is 1030. The fraction of sp³-hybridized carbons (Fsp3) is 0.391. The smallest absolute Gasteiger partial charge is 0.227 e. The minimum absolute atomic E-state index is 0.221. The van der Waals surface area contributed by atoms with E-state index in [9.17, 15) is 4.79 Å². The number of piperazine rings is 1. The Balaban J connectivity index is 1.41. The Labute approximate surface area is 170 Å². The predicted octanol–water partition coefficient (Wildman–Crippen LogP) is 4.42. The maximum atomic E-state index is 12.7. The predicted molar refractivity (Wildman–Crippen MR) is 118 cm³/mol. The van der Waals surface area contributed by atoms with Gasteiger partial charge in [0.25, 0.3) is 0 Å². The van der Waals surface area contributed by atoms with Crippen LogP contribution in [0.2, 0.25) is 0 Å². The number of carbonyl (C=O) groups is 1. The minimum Gasteiger partial charge on any atom is -0.345 e. The molecule has 28 heavy (non-hydrogen) atoms. The summed E-state index contributed by atoms with van der Waals surface area (Å²) in [7, 11) is 0. The van der Waals surface area contributed by atoms with Crippen LogP contribution in [0.3, 0.4) is 0 Å². The van der Waals surface area contributed by atoms with Gasteiger partial charge in [-0.2, -0.15) is 0 Å². The molecular formula is C23H27N3OS. The van der Waals surface area contributed by atoms with Crippen LogP contribution in [0.4, 0.5) is 5.13 Å². The zero-order valence-corrected chi connectivity index (χ0v) is 17.9. The molecule has 146 valence electrons. The van der Waals surface area contributed by atoms with Crippen molar-refractivity contribution < 1.29 is 4.79 Å². The lowest BCUT2D eigenvalue weighted by atomic mass is 10.0. The van der Waals surface area contributed by atoms with Crippen molar-refractivity contribution in [1.82, 2.24) is 9.88 Å². The molecule has 3 aromatic rings. The molecule has 0 aliphatic carbocycles. The number of amides is 1. The van der Waals surface area contributed by atoms with Gasteiger partial charge in [-0.25, -0.2) is 4.98 Å². The van der Waals surface area contributed by atoms with Crippen molar-refractivity contribution in [2.45, 2.75) is 34.1 Å². The number of benzene rings is 2. The number of nitrogens with zero attached hydrogens (tertiary/aromatic N) is 3. The minimum atomic E-state index is 0.221. The van der Waals surface area contributed by atoms with Crippen molar-refractivity contribution in [2.75, 3.05) is 31.1 Å². The number of thiazole rings is 1. The fourth-order valence-electron chi connectivity index (χ4n) is 3.84. The average molecular weight is 394 g/mol. The molecule has 1 aliphatic heterocycles. The van der Waals surface area contributed by atoms with Crippen LogP contribution in [0.15, 0.2) is 30.3 Å². The van der Waals surface area contributed by atoms with Crippen LogP contribution in [0, 0.1) is 27.7 Å². The third-order valence-corrected chi connectivity index (χ3v) is 6.71.